The number of halogens is 2. The summed E-state index contributed by atoms with van der Waals surface area (Å²) in [4.78, 5) is 39.6. The Hall–Kier alpha value is -4.01. The van der Waals surface area contributed by atoms with Gasteiger partial charge in [0, 0.05) is 11.1 Å². The number of aryl methyl sites for hydroxylation is 1. The van der Waals surface area contributed by atoms with Crippen molar-refractivity contribution in [2.75, 3.05) is 5.32 Å². The summed E-state index contributed by atoms with van der Waals surface area (Å²) in [6.07, 6.45) is 7.06. The van der Waals surface area contributed by atoms with Gasteiger partial charge < -0.3 is 10.2 Å². The van der Waals surface area contributed by atoms with Crippen LogP contribution >= 0.6 is 0 Å². The first-order valence-corrected chi connectivity index (χ1v) is 11.4. The van der Waals surface area contributed by atoms with Gasteiger partial charge in [0.15, 0.2) is 11.5 Å². The van der Waals surface area contributed by atoms with Crippen LogP contribution in [0.1, 0.15) is 53.6 Å². The average Bonchev–Trinajstić information content (AvgIpc) is 3.15. The van der Waals surface area contributed by atoms with Gasteiger partial charge >= 0.3 is 0 Å². The van der Waals surface area contributed by atoms with Crippen molar-refractivity contribution in [3.8, 4) is 11.3 Å². The van der Waals surface area contributed by atoms with E-state index in [4.69, 9.17) is 4.84 Å². The molecule has 1 saturated carbocycles. The van der Waals surface area contributed by atoms with Gasteiger partial charge in [-0.2, -0.15) is 0 Å². The molecule has 1 amide bonds. The van der Waals surface area contributed by atoms with Crippen LogP contribution in [0.25, 0.3) is 11.3 Å². The molecule has 1 aliphatic carbocycles. The number of nitrogens with zero attached hydrogens (tertiary/aromatic N) is 3. The van der Waals surface area contributed by atoms with Gasteiger partial charge in [0.05, 0.1) is 18.1 Å². The fraction of sp³-hybridized carbons (Fsp3) is 0.269. The zero-order valence-corrected chi connectivity index (χ0v) is 19.0. The predicted molar refractivity (Wildman–Crippen MR) is 125 cm³/mol. The summed E-state index contributed by atoms with van der Waals surface area (Å²) < 4.78 is 27.7. The van der Waals surface area contributed by atoms with E-state index >= 15 is 0 Å². The smallest absolute Gasteiger partial charge is 0.262 e. The Labute approximate surface area is 200 Å². The molecule has 35 heavy (non-hydrogen) atoms. The maximum Gasteiger partial charge on any atom is 0.262 e. The van der Waals surface area contributed by atoms with Crippen LogP contribution in [0.3, 0.4) is 0 Å². The summed E-state index contributed by atoms with van der Waals surface area (Å²) in [5.41, 5.74) is 1.53. The molecular formula is C26H22F2N4O3. The number of carbonyl (C=O) groups excluding carboxylic acids is 2. The highest BCUT2D eigenvalue weighted by atomic mass is 19.1. The molecule has 9 heteroatoms. The molecule has 1 N–H and O–H groups in total. The van der Waals surface area contributed by atoms with E-state index in [0.717, 1.165) is 42.5 Å². The molecule has 3 aromatic rings. The second-order valence-electron chi connectivity index (χ2n) is 8.78. The van der Waals surface area contributed by atoms with Crippen molar-refractivity contribution >= 4 is 23.2 Å². The first kappa shape index (κ1) is 22.8. The van der Waals surface area contributed by atoms with E-state index in [-0.39, 0.29) is 11.6 Å². The molecule has 0 radical (unpaired) electrons. The van der Waals surface area contributed by atoms with Crippen molar-refractivity contribution in [1.29, 1.82) is 0 Å². The number of carbonyl (C=O) groups is 2. The van der Waals surface area contributed by atoms with Gasteiger partial charge in [-0.05, 0) is 56.4 Å². The van der Waals surface area contributed by atoms with E-state index in [2.05, 4.69) is 20.4 Å². The summed E-state index contributed by atoms with van der Waals surface area (Å²) in [7, 11) is 0. The van der Waals surface area contributed by atoms with Crippen molar-refractivity contribution in [3.05, 3.63) is 77.1 Å². The number of rotatable bonds is 4. The van der Waals surface area contributed by atoms with E-state index in [0.29, 0.717) is 29.8 Å². The van der Waals surface area contributed by atoms with Crippen LogP contribution in [0.2, 0.25) is 0 Å². The van der Waals surface area contributed by atoms with Crippen LogP contribution in [0.5, 0.6) is 0 Å². The third-order valence-corrected chi connectivity index (χ3v) is 6.47. The normalized spacial score (nSPS) is 16.7. The zero-order chi connectivity index (χ0) is 24.6. The Balaban J connectivity index is 1.37. The number of aromatic nitrogens is 2. The number of amides is 1. The van der Waals surface area contributed by atoms with Crippen molar-refractivity contribution in [2.24, 2.45) is 5.16 Å². The van der Waals surface area contributed by atoms with Crippen LogP contribution in [0.4, 0.5) is 14.6 Å². The fourth-order valence-electron chi connectivity index (χ4n) is 4.53. The molecule has 2 aliphatic rings. The number of anilines is 1. The first-order valence-electron chi connectivity index (χ1n) is 11.4. The quantitative estimate of drug-likeness (QED) is 0.573. The van der Waals surface area contributed by atoms with Gasteiger partial charge in [0.25, 0.3) is 5.91 Å². The topological polar surface area (TPSA) is 93.5 Å². The van der Waals surface area contributed by atoms with Crippen LogP contribution in [0, 0.1) is 18.6 Å². The third kappa shape index (κ3) is 4.18. The van der Waals surface area contributed by atoms with E-state index in [1.54, 1.807) is 0 Å². The molecule has 1 fully saturated rings. The Kier molecular flexibility index (Phi) is 5.84. The Bertz CT molecular complexity index is 1330. The minimum atomic E-state index is -0.970. The van der Waals surface area contributed by atoms with E-state index in [1.807, 2.05) is 25.1 Å². The molecule has 1 spiro atoms. The number of hydrogen-bond acceptors (Lipinski definition) is 6. The lowest BCUT2D eigenvalue weighted by Gasteiger charge is -2.28. The lowest BCUT2D eigenvalue weighted by molar-refractivity contribution is -0.136. The minimum absolute atomic E-state index is 0.0400. The Morgan fingerprint density at radius 3 is 2.46 bits per heavy atom. The van der Waals surface area contributed by atoms with Gasteiger partial charge in [-0.1, -0.05) is 29.8 Å². The molecule has 0 bridgehead atoms. The summed E-state index contributed by atoms with van der Waals surface area (Å²) in [6, 6.07) is 8.69. The van der Waals surface area contributed by atoms with Crippen molar-refractivity contribution in [3.63, 3.8) is 0 Å². The molecule has 2 heterocycles. The molecule has 178 valence electrons. The zero-order valence-electron chi connectivity index (χ0n) is 19.0. The van der Waals surface area contributed by atoms with Gasteiger partial charge in [0.1, 0.15) is 17.2 Å². The Morgan fingerprint density at radius 1 is 1.03 bits per heavy atom. The number of hydrogen-bond donors (Lipinski definition) is 1. The standard InChI is InChI=1S/C26H22F2N4O3/c1-15-8-9-16(23-24(33)26(35-32-23)10-3-2-4-11-26)12-17(15)20-13-30-21(14-29-20)31-25(34)22-18(27)6-5-7-19(22)28/h5-9,12-14H,2-4,10-11H2,1H3,(H,30,31,34). The van der Waals surface area contributed by atoms with E-state index in [9.17, 15) is 18.4 Å². The molecule has 7 nitrogen and oxygen atoms in total. The molecule has 1 aliphatic heterocycles. The average molecular weight is 476 g/mol. The number of nitrogens with one attached hydrogen (secondary N) is 1. The predicted octanol–water partition coefficient (Wildman–Crippen LogP) is 4.99. The molecule has 5 rings (SSSR count). The lowest BCUT2D eigenvalue weighted by Crippen LogP contribution is -2.41. The largest absolute Gasteiger partial charge is 0.380 e. The molecule has 0 unspecified atom stereocenters. The molecule has 0 saturated heterocycles. The van der Waals surface area contributed by atoms with E-state index < -0.39 is 28.7 Å². The second kappa shape index (κ2) is 8.98. The molecule has 0 atom stereocenters. The molecular weight excluding hydrogens is 454 g/mol. The highest BCUT2D eigenvalue weighted by Crippen LogP contribution is 2.37. The minimum Gasteiger partial charge on any atom is -0.380 e. The monoisotopic (exact) mass is 476 g/mol. The number of ketones is 1. The summed E-state index contributed by atoms with van der Waals surface area (Å²) in [6.45, 7) is 1.90. The summed E-state index contributed by atoms with van der Waals surface area (Å²) in [5.74, 6) is -2.95. The van der Waals surface area contributed by atoms with Crippen LogP contribution in [-0.4, -0.2) is 33.0 Å². The third-order valence-electron chi connectivity index (χ3n) is 6.47. The maximum absolute atomic E-state index is 13.9. The number of oxime groups is 1. The lowest BCUT2D eigenvalue weighted by atomic mass is 9.79. The highest BCUT2D eigenvalue weighted by molar-refractivity contribution is 6.49. The van der Waals surface area contributed by atoms with Crippen LogP contribution in [0.15, 0.2) is 53.9 Å². The second-order valence-corrected chi connectivity index (χ2v) is 8.78. The van der Waals surface area contributed by atoms with Crippen molar-refractivity contribution < 1.29 is 23.2 Å². The van der Waals surface area contributed by atoms with Crippen LogP contribution < -0.4 is 5.32 Å². The number of benzene rings is 2. The van der Waals surface area contributed by atoms with Gasteiger partial charge in [-0.15, -0.1) is 0 Å². The van der Waals surface area contributed by atoms with Gasteiger partial charge in [0.2, 0.25) is 11.4 Å². The summed E-state index contributed by atoms with van der Waals surface area (Å²) in [5, 5.41) is 6.50. The van der Waals surface area contributed by atoms with E-state index in [1.165, 1.54) is 18.5 Å². The fourth-order valence-corrected chi connectivity index (χ4v) is 4.53. The summed E-state index contributed by atoms with van der Waals surface area (Å²) >= 11 is 0. The maximum atomic E-state index is 13.9. The number of Topliss-reactive ketones (excluding diaryl/α,β-unsaturated/α-hetero) is 1. The first-order chi connectivity index (χ1) is 16.9. The Morgan fingerprint density at radius 2 is 1.77 bits per heavy atom. The molecule has 1 aromatic heterocycles. The van der Waals surface area contributed by atoms with Gasteiger partial charge in [-0.25, -0.2) is 13.8 Å². The highest BCUT2D eigenvalue weighted by Gasteiger charge is 2.49. The van der Waals surface area contributed by atoms with Gasteiger partial charge in [-0.3, -0.25) is 14.6 Å². The van der Waals surface area contributed by atoms with Crippen molar-refractivity contribution in [2.45, 2.75) is 44.6 Å². The molecule has 2 aromatic carbocycles. The van der Waals surface area contributed by atoms with Crippen molar-refractivity contribution in [1.82, 2.24) is 9.97 Å². The van der Waals surface area contributed by atoms with Crippen LogP contribution in [-0.2, 0) is 9.63 Å². The SMILES string of the molecule is Cc1ccc(C2=NOC3(CCCCC3)C2=O)cc1-c1cnc(NC(=O)c2c(F)cccc2F)cn1.